The van der Waals surface area contributed by atoms with Gasteiger partial charge in [0.05, 0.1) is 50.6 Å². The molecular weight excluding hydrogens is 799 g/mol. The van der Waals surface area contributed by atoms with Crippen molar-refractivity contribution in [3.8, 4) is 0 Å². The van der Waals surface area contributed by atoms with E-state index in [0.29, 0.717) is 51.1 Å². The summed E-state index contributed by atoms with van der Waals surface area (Å²) in [4.78, 5) is 78.0. The third-order valence-electron chi connectivity index (χ3n) is 10.9. The predicted molar refractivity (Wildman–Crippen MR) is 237 cm³/mol. The van der Waals surface area contributed by atoms with Gasteiger partial charge in [0.15, 0.2) is 5.78 Å². The van der Waals surface area contributed by atoms with Gasteiger partial charge in [-0.15, -0.1) is 0 Å². The van der Waals surface area contributed by atoms with Crippen LogP contribution in [-0.2, 0) is 44.7 Å². The highest BCUT2D eigenvalue weighted by molar-refractivity contribution is 5.88. The fourth-order valence-electron chi connectivity index (χ4n) is 7.12. The van der Waals surface area contributed by atoms with E-state index < -0.39 is 35.8 Å². The van der Waals surface area contributed by atoms with Gasteiger partial charge in [0, 0.05) is 69.2 Å². The van der Waals surface area contributed by atoms with Gasteiger partial charge in [-0.1, -0.05) is 103 Å². The number of carboxylic acids is 3. The molecule has 0 aliphatic rings. The van der Waals surface area contributed by atoms with Gasteiger partial charge >= 0.3 is 17.9 Å². The van der Waals surface area contributed by atoms with E-state index in [1.54, 1.807) is 6.20 Å². The molecule has 62 heavy (non-hydrogen) atoms. The second-order valence-electron chi connectivity index (χ2n) is 16.5. The Morgan fingerprint density at radius 2 is 1.19 bits per heavy atom. The number of carbonyl (C=O) groups excluding carboxylic acids is 3. The van der Waals surface area contributed by atoms with Crippen molar-refractivity contribution in [3.05, 3.63) is 30.5 Å². The summed E-state index contributed by atoms with van der Waals surface area (Å²) in [6, 6.07) is -0.786. The Labute approximate surface area is 369 Å². The van der Waals surface area contributed by atoms with Gasteiger partial charge < -0.3 is 46.1 Å². The number of hydrogen-bond acceptors (Lipinski definition) is 11. The Balaban J connectivity index is 1.98. The van der Waals surface area contributed by atoms with Crippen molar-refractivity contribution in [2.24, 2.45) is 17.6 Å². The van der Waals surface area contributed by atoms with Gasteiger partial charge in [0.25, 0.3) is 0 Å². The van der Waals surface area contributed by atoms with E-state index in [1.807, 2.05) is 0 Å². The van der Waals surface area contributed by atoms with E-state index in [2.05, 4.69) is 27.2 Å². The molecule has 16 nitrogen and oxygen atoms in total. The summed E-state index contributed by atoms with van der Waals surface area (Å²) in [6.45, 7) is 5.90. The number of aromatic nitrogens is 2. The zero-order valence-electron chi connectivity index (χ0n) is 37.4. The summed E-state index contributed by atoms with van der Waals surface area (Å²) in [5.74, 6) is -5.09. The number of nitrogens with one attached hydrogen (secondary N) is 3. The molecule has 0 aliphatic heterocycles. The third-order valence-corrected chi connectivity index (χ3v) is 10.9. The Bertz CT molecular complexity index is 1390. The van der Waals surface area contributed by atoms with Crippen molar-refractivity contribution in [2.75, 3.05) is 39.5 Å². The monoisotopic (exact) mass is 878 g/mol. The SMILES string of the molecule is C=C(COCCOCCNC(=O)CC[C@H](CC(=O)CCCCCCCCCCCCCCCCCCC(=O)O)C(=O)O)NCCCC[C@H](CC(=O)[C@@H](N)Cc1cnc[nH]1)C(=O)O. The Kier molecular flexibility index (Phi) is 33.7. The van der Waals surface area contributed by atoms with Crippen molar-refractivity contribution in [2.45, 2.75) is 173 Å². The number of aliphatic carboxylic acids is 3. The molecule has 0 aliphatic carbocycles. The summed E-state index contributed by atoms with van der Waals surface area (Å²) >= 11 is 0. The van der Waals surface area contributed by atoms with E-state index in [9.17, 15) is 39.0 Å². The minimum absolute atomic E-state index is 0.0157. The normalized spacial score (nSPS) is 12.7. The summed E-state index contributed by atoms with van der Waals surface area (Å²) in [7, 11) is 0. The molecule has 0 saturated carbocycles. The minimum atomic E-state index is -1.06. The lowest BCUT2D eigenvalue weighted by atomic mass is 9.92. The maximum atomic E-state index is 12.5. The minimum Gasteiger partial charge on any atom is -0.481 e. The molecule has 1 amide bonds. The molecule has 354 valence electrons. The zero-order valence-corrected chi connectivity index (χ0v) is 37.4. The number of ketones is 2. The molecule has 0 saturated heterocycles. The van der Waals surface area contributed by atoms with Gasteiger partial charge in [0.2, 0.25) is 5.91 Å². The molecule has 0 spiro atoms. The molecule has 8 N–H and O–H groups in total. The van der Waals surface area contributed by atoms with Crippen LogP contribution in [0.4, 0.5) is 0 Å². The summed E-state index contributed by atoms with van der Waals surface area (Å²) in [6.07, 6.45) is 23.7. The number of carboxylic acid groups (broad SMARTS) is 3. The van der Waals surface area contributed by atoms with Crippen molar-refractivity contribution < 1.29 is 53.6 Å². The number of imidazole rings is 1. The fourth-order valence-corrected chi connectivity index (χ4v) is 7.12. The molecule has 1 aromatic heterocycles. The fraction of sp³-hybridized carbons (Fsp3) is 0.761. The zero-order chi connectivity index (χ0) is 45.6. The van der Waals surface area contributed by atoms with Gasteiger partial charge in [-0.25, -0.2) is 4.98 Å². The number of Topliss-reactive ketones (excluding diaryl/α,β-unsaturated/α-hetero) is 2. The number of nitrogens with zero attached hydrogens (tertiary/aromatic N) is 1. The van der Waals surface area contributed by atoms with Gasteiger partial charge in [0.1, 0.15) is 5.78 Å². The van der Waals surface area contributed by atoms with Crippen LogP contribution in [0.3, 0.4) is 0 Å². The predicted octanol–water partition coefficient (Wildman–Crippen LogP) is 6.91. The third kappa shape index (κ3) is 32.5. The van der Waals surface area contributed by atoms with E-state index in [4.69, 9.17) is 20.3 Å². The number of H-pyrrole nitrogens is 1. The number of amides is 1. The van der Waals surface area contributed by atoms with Crippen LogP contribution < -0.4 is 16.4 Å². The van der Waals surface area contributed by atoms with Crippen LogP contribution in [0.1, 0.15) is 166 Å². The van der Waals surface area contributed by atoms with Crippen LogP contribution >= 0.6 is 0 Å². The highest BCUT2D eigenvalue weighted by atomic mass is 16.5. The summed E-state index contributed by atoms with van der Waals surface area (Å²) < 4.78 is 11.1. The van der Waals surface area contributed by atoms with E-state index in [0.717, 1.165) is 50.6 Å². The number of hydrogen-bond donors (Lipinski definition) is 7. The first-order valence-corrected chi connectivity index (χ1v) is 23.2. The highest BCUT2D eigenvalue weighted by Gasteiger charge is 2.25. The number of aromatic amines is 1. The smallest absolute Gasteiger partial charge is 0.306 e. The number of carbonyl (C=O) groups is 6. The van der Waals surface area contributed by atoms with Crippen LogP contribution in [0.2, 0.25) is 0 Å². The van der Waals surface area contributed by atoms with Gasteiger partial charge in [-0.2, -0.15) is 0 Å². The van der Waals surface area contributed by atoms with Crippen molar-refractivity contribution in [1.82, 2.24) is 20.6 Å². The van der Waals surface area contributed by atoms with Crippen LogP contribution in [0.15, 0.2) is 24.8 Å². The second kappa shape index (κ2) is 37.4. The number of ether oxygens (including phenoxy) is 2. The van der Waals surface area contributed by atoms with E-state index >= 15 is 0 Å². The lowest BCUT2D eigenvalue weighted by Crippen LogP contribution is -2.35. The molecule has 3 atom stereocenters. The van der Waals surface area contributed by atoms with Crippen molar-refractivity contribution in [3.63, 3.8) is 0 Å². The summed E-state index contributed by atoms with van der Waals surface area (Å²) in [5.41, 5.74) is 7.35. The number of unbranched alkanes of at least 4 members (excludes halogenated alkanes) is 16. The molecule has 1 heterocycles. The summed E-state index contributed by atoms with van der Waals surface area (Å²) in [5, 5.41) is 33.7. The average molecular weight is 878 g/mol. The largest absolute Gasteiger partial charge is 0.481 e. The number of rotatable bonds is 45. The lowest BCUT2D eigenvalue weighted by Gasteiger charge is -2.15. The standard InChI is InChI=1S/C46H79N5O11/c1-36(49-25-19-18-20-37(45(57)58)31-42(53)41(47)32-39-33-48-35-51-39)34-62-29-28-61-27-26-50-43(54)24-23-38(46(59)60)30-40(52)21-16-14-12-10-8-6-4-2-3-5-7-9-11-13-15-17-22-44(55)56/h33,35,37-38,41,49H,1-32,34,47H2,(H,48,51)(H,50,54)(H,55,56)(H,57,58)(H,59,60)/t37-,38-,41+/m1/s1. The van der Waals surface area contributed by atoms with E-state index in [1.165, 1.54) is 64.1 Å². The topological polar surface area (TPSA) is 260 Å². The van der Waals surface area contributed by atoms with Gasteiger partial charge in [-0.3, -0.25) is 28.8 Å². The van der Waals surface area contributed by atoms with Crippen LogP contribution in [0, 0.1) is 11.8 Å². The molecule has 0 radical (unpaired) electrons. The van der Waals surface area contributed by atoms with Crippen molar-refractivity contribution in [1.29, 1.82) is 0 Å². The first-order valence-electron chi connectivity index (χ1n) is 23.2. The first-order chi connectivity index (χ1) is 29.9. The molecule has 0 unspecified atom stereocenters. The first kappa shape index (κ1) is 55.9. The van der Waals surface area contributed by atoms with E-state index in [-0.39, 0.29) is 75.8 Å². The van der Waals surface area contributed by atoms with Crippen LogP contribution in [0.25, 0.3) is 0 Å². The lowest BCUT2D eigenvalue weighted by molar-refractivity contribution is -0.144. The number of nitrogens with two attached hydrogens (primary N) is 1. The molecule has 0 bridgehead atoms. The highest BCUT2D eigenvalue weighted by Crippen LogP contribution is 2.18. The molecule has 0 aromatic carbocycles. The Hall–Kier alpha value is -4.15. The quantitative estimate of drug-likeness (QED) is 0.0329. The Morgan fingerprint density at radius 3 is 1.74 bits per heavy atom. The van der Waals surface area contributed by atoms with Crippen LogP contribution in [0.5, 0.6) is 0 Å². The van der Waals surface area contributed by atoms with Crippen molar-refractivity contribution >= 4 is 35.4 Å². The molecular formula is C46H79N5O11. The molecule has 0 fully saturated rings. The van der Waals surface area contributed by atoms with Crippen LogP contribution in [-0.4, -0.2) is 106 Å². The maximum Gasteiger partial charge on any atom is 0.306 e. The molecule has 16 heteroatoms. The molecule has 1 aromatic rings. The Morgan fingerprint density at radius 1 is 0.645 bits per heavy atom. The average Bonchev–Trinajstić information content (AvgIpc) is 3.74. The molecule has 1 rings (SSSR count). The second-order valence-corrected chi connectivity index (χ2v) is 16.5. The van der Waals surface area contributed by atoms with Gasteiger partial charge in [-0.05, 0) is 32.1 Å². The maximum absolute atomic E-state index is 12.5.